The predicted octanol–water partition coefficient (Wildman–Crippen LogP) is 2.85. The number of nitrogens with two attached hydrogens (primary N) is 1. The third kappa shape index (κ3) is 2.09. The van der Waals surface area contributed by atoms with Gasteiger partial charge in [0.05, 0.1) is 10.5 Å². The summed E-state index contributed by atoms with van der Waals surface area (Å²) in [6.07, 6.45) is 0. The molecule has 2 aromatic rings. The summed E-state index contributed by atoms with van der Waals surface area (Å²) in [5.74, 6) is -0.871. The Balaban J connectivity index is 2.91. The minimum atomic E-state index is -0.871. The van der Waals surface area contributed by atoms with Crippen molar-refractivity contribution in [2.24, 2.45) is 0 Å². The van der Waals surface area contributed by atoms with E-state index in [9.17, 15) is 14.5 Å². The van der Waals surface area contributed by atoms with Crippen molar-refractivity contribution in [3.63, 3.8) is 0 Å². The summed E-state index contributed by atoms with van der Waals surface area (Å²) < 4.78 is 13.7. The van der Waals surface area contributed by atoms with E-state index in [0.29, 0.717) is 5.56 Å². The first-order chi connectivity index (χ1) is 9.06. The Kier molecular flexibility index (Phi) is 3.12. The van der Waals surface area contributed by atoms with Crippen LogP contribution in [0.2, 0.25) is 0 Å². The molecule has 0 amide bonds. The van der Waals surface area contributed by atoms with E-state index in [1.165, 1.54) is 0 Å². The molecule has 0 saturated carbocycles. The maximum absolute atomic E-state index is 13.7. The molecule has 0 spiro atoms. The van der Waals surface area contributed by atoms with Gasteiger partial charge in [0.15, 0.2) is 0 Å². The molecule has 0 heterocycles. The number of halogens is 1. The molecule has 2 aromatic carbocycles. The lowest BCUT2D eigenvalue weighted by Gasteiger charge is -2.08. The normalized spacial score (nSPS) is 9.89. The van der Waals surface area contributed by atoms with Crippen molar-refractivity contribution in [1.29, 1.82) is 5.26 Å². The van der Waals surface area contributed by atoms with Crippen molar-refractivity contribution >= 4 is 11.4 Å². The average Bonchev–Trinajstić information content (AvgIpc) is 2.38. The van der Waals surface area contributed by atoms with Crippen molar-refractivity contribution < 1.29 is 9.31 Å². The molecule has 2 rings (SSSR count). The van der Waals surface area contributed by atoms with Crippen LogP contribution in [0.1, 0.15) is 5.56 Å². The minimum Gasteiger partial charge on any atom is -0.393 e. The molecule has 5 nitrogen and oxygen atoms in total. The van der Waals surface area contributed by atoms with Gasteiger partial charge in [-0.05, 0) is 5.56 Å². The third-order valence-electron chi connectivity index (χ3n) is 2.64. The van der Waals surface area contributed by atoms with Gasteiger partial charge in [0.2, 0.25) is 0 Å². The molecule has 0 bridgehead atoms. The van der Waals surface area contributed by atoms with Gasteiger partial charge in [-0.2, -0.15) is 5.26 Å². The molecule has 0 radical (unpaired) electrons. The minimum absolute atomic E-state index is 0.0920. The van der Waals surface area contributed by atoms with Crippen LogP contribution in [0.15, 0.2) is 36.4 Å². The van der Waals surface area contributed by atoms with E-state index < -0.39 is 16.4 Å². The van der Waals surface area contributed by atoms with Crippen molar-refractivity contribution in [1.82, 2.24) is 0 Å². The second-order valence-electron chi connectivity index (χ2n) is 3.78. The second-order valence-corrected chi connectivity index (χ2v) is 3.78. The van der Waals surface area contributed by atoms with Gasteiger partial charge in [0, 0.05) is 6.07 Å². The summed E-state index contributed by atoms with van der Waals surface area (Å²) >= 11 is 0. The SMILES string of the molecule is N#Cc1c(F)cc(N)c([N+](=O)[O-])c1-c1ccccc1. The Morgan fingerprint density at radius 2 is 1.95 bits per heavy atom. The average molecular weight is 257 g/mol. The van der Waals surface area contributed by atoms with Gasteiger partial charge in [0.1, 0.15) is 23.1 Å². The number of nitro groups is 1. The second kappa shape index (κ2) is 4.74. The van der Waals surface area contributed by atoms with Crippen LogP contribution >= 0.6 is 0 Å². The lowest BCUT2D eigenvalue weighted by Crippen LogP contribution is -2.02. The number of nitrogen functional groups attached to an aromatic ring is 1. The van der Waals surface area contributed by atoms with Gasteiger partial charge < -0.3 is 5.73 Å². The van der Waals surface area contributed by atoms with Crippen molar-refractivity contribution in [3.05, 3.63) is 57.9 Å². The van der Waals surface area contributed by atoms with E-state index >= 15 is 0 Å². The Hall–Kier alpha value is -2.94. The van der Waals surface area contributed by atoms with E-state index in [2.05, 4.69) is 0 Å². The molecule has 0 aromatic heterocycles. The van der Waals surface area contributed by atoms with Gasteiger partial charge in [-0.1, -0.05) is 30.3 Å². The number of hydrogen-bond donors (Lipinski definition) is 1. The highest BCUT2D eigenvalue weighted by Gasteiger charge is 2.26. The smallest absolute Gasteiger partial charge is 0.301 e. The zero-order valence-electron chi connectivity index (χ0n) is 9.63. The lowest BCUT2D eigenvalue weighted by molar-refractivity contribution is -0.383. The van der Waals surface area contributed by atoms with Gasteiger partial charge in [0.25, 0.3) is 0 Å². The van der Waals surface area contributed by atoms with Gasteiger partial charge in [-0.15, -0.1) is 0 Å². The first-order valence-corrected chi connectivity index (χ1v) is 5.28. The number of nitro benzene ring substituents is 1. The number of nitrogens with zero attached hydrogens (tertiary/aromatic N) is 2. The van der Waals surface area contributed by atoms with Crippen LogP contribution in [0, 0.1) is 27.3 Å². The number of rotatable bonds is 2. The van der Waals surface area contributed by atoms with Crippen molar-refractivity contribution in [3.8, 4) is 17.2 Å². The summed E-state index contributed by atoms with van der Waals surface area (Å²) in [5.41, 5.74) is 4.63. The topological polar surface area (TPSA) is 93.0 Å². The highest BCUT2D eigenvalue weighted by molar-refractivity contribution is 5.85. The zero-order chi connectivity index (χ0) is 14.0. The van der Waals surface area contributed by atoms with Crippen LogP contribution in [0.3, 0.4) is 0 Å². The molecule has 6 heteroatoms. The van der Waals surface area contributed by atoms with E-state index in [1.54, 1.807) is 36.4 Å². The molecule has 0 saturated heterocycles. The monoisotopic (exact) mass is 257 g/mol. The lowest BCUT2D eigenvalue weighted by atomic mass is 9.97. The van der Waals surface area contributed by atoms with Gasteiger partial charge >= 0.3 is 5.69 Å². The van der Waals surface area contributed by atoms with Gasteiger partial charge in [-0.3, -0.25) is 10.1 Å². The highest BCUT2D eigenvalue weighted by Crippen LogP contribution is 2.38. The van der Waals surface area contributed by atoms with Gasteiger partial charge in [-0.25, -0.2) is 4.39 Å². The quantitative estimate of drug-likeness (QED) is 0.508. The van der Waals surface area contributed by atoms with Crippen LogP contribution < -0.4 is 5.73 Å². The number of nitriles is 1. The molecular weight excluding hydrogens is 249 g/mol. The van der Waals surface area contributed by atoms with E-state index in [-0.39, 0.29) is 16.8 Å². The maximum atomic E-state index is 13.7. The number of benzene rings is 2. The van der Waals surface area contributed by atoms with Crippen LogP contribution in [0.4, 0.5) is 15.8 Å². The standard InChI is InChI=1S/C13H8FN3O2/c14-10-6-11(16)13(17(18)19)12(9(10)7-15)8-4-2-1-3-5-8/h1-6H,16H2. The summed E-state index contributed by atoms with van der Waals surface area (Å²) in [6, 6.07) is 10.6. The molecule has 94 valence electrons. The molecule has 0 fully saturated rings. The Morgan fingerprint density at radius 1 is 1.32 bits per heavy atom. The third-order valence-corrected chi connectivity index (χ3v) is 2.64. The number of anilines is 1. The maximum Gasteiger partial charge on any atom is 0.301 e. The van der Waals surface area contributed by atoms with Crippen LogP contribution in [0.25, 0.3) is 11.1 Å². The summed E-state index contributed by atoms with van der Waals surface area (Å²) in [5, 5.41) is 20.1. The molecule has 0 aliphatic rings. The predicted molar refractivity (Wildman–Crippen MR) is 67.6 cm³/mol. The molecule has 0 aliphatic carbocycles. The fourth-order valence-corrected chi connectivity index (χ4v) is 1.85. The number of hydrogen-bond acceptors (Lipinski definition) is 4. The van der Waals surface area contributed by atoms with Crippen LogP contribution in [-0.2, 0) is 0 Å². The summed E-state index contributed by atoms with van der Waals surface area (Å²) in [7, 11) is 0. The highest BCUT2D eigenvalue weighted by atomic mass is 19.1. The fraction of sp³-hybridized carbons (Fsp3) is 0. The van der Waals surface area contributed by atoms with E-state index in [0.717, 1.165) is 6.07 Å². The zero-order valence-corrected chi connectivity index (χ0v) is 9.63. The van der Waals surface area contributed by atoms with Crippen molar-refractivity contribution in [2.45, 2.75) is 0 Å². The Labute approximate surface area is 107 Å². The molecule has 0 aliphatic heterocycles. The van der Waals surface area contributed by atoms with Crippen LogP contribution in [-0.4, -0.2) is 4.92 Å². The van der Waals surface area contributed by atoms with E-state index in [4.69, 9.17) is 11.0 Å². The Bertz CT molecular complexity index is 693. The Morgan fingerprint density at radius 3 is 2.47 bits per heavy atom. The molecule has 0 unspecified atom stereocenters. The van der Waals surface area contributed by atoms with Crippen molar-refractivity contribution in [2.75, 3.05) is 5.73 Å². The first-order valence-electron chi connectivity index (χ1n) is 5.28. The molecule has 0 atom stereocenters. The largest absolute Gasteiger partial charge is 0.393 e. The first kappa shape index (κ1) is 12.5. The van der Waals surface area contributed by atoms with E-state index in [1.807, 2.05) is 0 Å². The van der Waals surface area contributed by atoms with Crippen LogP contribution in [0.5, 0.6) is 0 Å². The fourth-order valence-electron chi connectivity index (χ4n) is 1.85. The molecular formula is C13H8FN3O2. The summed E-state index contributed by atoms with van der Waals surface area (Å²) in [6.45, 7) is 0. The molecule has 2 N–H and O–H groups in total. The molecule has 19 heavy (non-hydrogen) atoms. The summed E-state index contributed by atoms with van der Waals surface area (Å²) in [4.78, 5) is 10.4.